The Bertz CT molecular complexity index is 816. The van der Waals surface area contributed by atoms with Crippen LogP contribution in [0, 0.1) is 17.3 Å². The Balaban J connectivity index is 1.92. The molecule has 0 aliphatic carbocycles. The number of halogens is 1. The summed E-state index contributed by atoms with van der Waals surface area (Å²) in [7, 11) is 0. The highest BCUT2D eigenvalue weighted by molar-refractivity contribution is 9.09. The molecule has 0 aromatic carbocycles. The fraction of sp³-hybridized carbons (Fsp3) is 0.885. The van der Waals surface area contributed by atoms with Crippen LogP contribution in [-0.2, 0) is 19.1 Å². The molecule has 0 radical (unpaired) electrons. The Labute approximate surface area is 223 Å². The molecule has 3 saturated heterocycles. The van der Waals surface area contributed by atoms with Gasteiger partial charge in [0.15, 0.2) is 0 Å². The largest absolute Gasteiger partial charge is 0.466 e. The van der Waals surface area contributed by atoms with Gasteiger partial charge in [0.05, 0.1) is 23.2 Å². The Morgan fingerprint density at radius 3 is 2.46 bits per heavy atom. The number of likely N-dealkylation sites (tertiary alicyclic amines) is 1. The van der Waals surface area contributed by atoms with Crippen molar-refractivity contribution in [3.8, 4) is 0 Å². The van der Waals surface area contributed by atoms with Gasteiger partial charge in [-0.1, -0.05) is 49.5 Å². The molecule has 3 unspecified atom stereocenters. The summed E-state index contributed by atoms with van der Waals surface area (Å²) in [6, 6.07) is -0.619. The van der Waals surface area contributed by atoms with Gasteiger partial charge in [-0.25, -0.2) is 0 Å². The average molecular weight is 576 g/mol. The molecule has 35 heavy (non-hydrogen) atoms. The topological polar surface area (TPSA) is 95.9 Å². The normalized spacial score (nSPS) is 32.2. The minimum atomic E-state index is -0.639. The van der Waals surface area contributed by atoms with Crippen LogP contribution >= 0.6 is 27.7 Å². The minimum Gasteiger partial charge on any atom is -0.466 e. The number of thioether (sulfide) groups is 1. The highest BCUT2D eigenvalue weighted by Crippen LogP contribution is 2.67. The number of ether oxygens (including phenoxy) is 1. The van der Waals surface area contributed by atoms with Gasteiger partial charge in [0.25, 0.3) is 0 Å². The Morgan fingerprint density at radius 1 is 1.20 bits per heavy atom. The number of aliphatic hydroxyl groups excluding tert-OH is 1. The van der Waals surface area contributed by atoms with Gasteiger partial charge >= 0.3 is 5.97 Å². The number of nitrogens with one attached hydrogen (secondary N) is 1. The summed E-state index contributed by atoms with van der Waals surface area (Å²) in [6.45, 7) is 13.2. The van der Waals surface area contributed by atoms with Gasteiger partial charge in [0.2, 0.25) is 11.8 Å². The molecule has 2 bridgehead atoms. The maximum atomic E-state index is 14.0. The number of carbonyl (C=O) groups excluding carboxylic acids is 3. The summed E-state index contributed by atoms with van der Waals surface area (Å²) < 4.78 is 4.77. The van der Waals surface area contributed by atoms with E-state index in [2.05, 4.69) is 42.0 Å². The first kappa shape index (κ1) is 28.8. The van der Waals surface area contributed by atoms with Crippen molar-refractivity contribution >= 4 is 45.5 Å². The van der Waals surface area contributed by atoms with Gasteiger partial charge < -0.3 is 20.1 Å². The van der Waals surface area contributed by atoms with Crippen molar-refractivity contribution in [2.75, 3.05) is 19.8 Å². The van der Waals surface area contributed by atoms with Crippen molar-refractivity contribution in [3.63, 3.8) is 0 Å². The highest BCUT2D eigenvalue weighted by Gasteiger charge is 2.76. The van der Waals surface area contributed by atoms with Gasteiger partial charge in [-0.15, -0.1) is 11.8 Å². The first-order chi connectivity index (χ1) is 16.3. The maximum Gasteiger partial charge on any atom is 0.310 e. The lowest BCUT2D eigenvalue weighted by molar-refractivity contribution is -0.153. The van der Waals surface area contributed by atoms with Gasteiger partial charge in [0, 0.05) is 28.8 Å². The van der Waals surface area contributed by atoms with Gasteiger partial charge in [-0.2, -0.15) is 0 Å². The third kappa shape index (κ3) is 5.87. The first-order valence-corrected chi connectivity index (χ1v) is 14.8. The number of carbonyl (C=O) groups is 3. The fourth-order valence-electron chi connectivity index (χ4n) is 6.70. The van der Waals surface area contributed by atoms with Crippen LogP contribution in [0.2, 0.25) is 0 Å². The number of hydrogen-bond donors (Lipinski definition) is 2. The van der Waals surface area contributed by atoms with Crippen LogP contribution in [0.1, 0.15) is 80.1 Å². The summed E-state index contributed by atoms with van der Waals surface area (Å²) in [5.41, 5.74) is -0.401. The lowest BCUT2D eigenvalue weighted by atomic mass is 9.71. The molecule has 3 aliphatic rings. The van der Waals surface area contributed by atoms with Crippen molar-refractivity contribution in [1.29, 1.82) is 0 Å². The second-order valence-electron chi connectivity index (χ2n) is 12.2. The molecule has 7 nitrogen and oxygen atoms in total. The minimum absolute atomic E-state index is 0.0337. The molecular formula is C26H43BrN2O5S. The second kappa shape index (κ2) is 10.9. The Hall–Kier alpha value is -0.800. The van der Waals surface area contributed by atoms with Crippen molar-refractivity contribution in [1.82, 2.24) is 10.2 Å². The molecule has 3 fully saturated rings. The van der Waals surface area contributed by atoms with Gasteiger partial charge in [-0.05, 0) is 51.9 Å². The van der Waals surface area contributed by atoms with Crippen molar-refractivity contribution in [3.05, 3.63) is 0 Å². The van der Waals surface area contributed by atoms with Crippen molar-refractivity contribution < 1.29 is 24.2 Å². The SMILES string of the molecule is CCOC(=O)[C@H]1[C@H]2C(=O)N(CCCCCCO)C(C(=O)NC(C)(C)CC(C)(C)C)C23CC(Br)[C@@H]1S3. The zero-order valence-electron chi connectivity index (χ0n) is 22.1. The molecule has 0 aromatic heterocycles. The molecule has 3 aliphatic heterocycles. The predicted octanol–water partition coefficient (Wildman–Crippen LogP) is 3.90. The number of hydrogen-bond acceptors (Lipinski definition) is 6. The number of esters is 1. The molecule has 9 heteroatoms. The van der Waals surface area contributed by atoms with E-state index in [1.54, 1.807) is 23.6 Å². The third-order valence-electron chi connectivity index (χ3n) is 7.34. The summed E-state index contributed by atoms with van der Waals surface area (Å²) >= 11 is 5.42. The van der Waals surface area contributed by atoms with E-state index in [4.69, 9.17) is 9.84 Å². The molecule has 1 spiro atoms. The number of aliphatic hydroxyl groups is 1. The molecule has 3 heterocycles. The number of rotatable bonds is 11. The van der Waals surface area contributed by atoms with E-state index < -0.39 is 28.2 Å². The molecule has 2 N–H and O–H groups in total. The molecular weight excluding hydrogens is 532 g/mol. The quantitative estimate of drug-likeness (QED) is 0.221. The van der Waals surface area contributed by atoms with Crippen LogP contribution in [0.15, 0.2) is 0 Å². The maximum absolute atomic E-state index is 14.0. The molecule has 2 amide bonds. The third-order valence-corrected chi connectivity index (χ3v) is 10.6. The van der Waals surface area contributed by atoms with Gasteiger partial charge in [0.1, 0.15) is 6.04 Å². The number of unbranched alkanes of at least 4 members (excludes halogenated alkanes) is 3. The zero-order valence-corrected chi connectivity index (χ0v) is 24.5. The number of amides is 2. The van der Waals surface area contributed by atoms with Crippen LogP contribution in [0.25, 0.3) is 0 Å². The van der Waals surface area contributed by atoms with Crippen LogP contribution in [0.5, 0.6) is 0 Å². The summed E-state index contributed by atoms with van der Waals surface area (Å²) in [5.74, 6) is -1.62. The number of fused-ring (bicyclic) bond motifs is 1. The second-order valence-corrected chi connectivity index (χ2v) is 14.9. The van der Waals surface area contributed by atoms with Crippen LogP contribution in [-0.4, -0.2) is 74.0 Å². The summed E-state index contributed by atoms with van der Waals surface area (Å²) in [5, 5.41) is 12.3. The zero-order chi connectivity index (χ0) is 26.2. The lowest BCUT2D eigenvalue weighted by Crippen LogP contribution is -2.58. The standard InChI is InChI=1S/C26H43BrN2O5S/c1-7-34-23(33)17-18-22(32)29(12-10-8-9-11-13-30)20(26(18)14-16(27)19(17)35-26)21(31)28-25(5,6)15-24(2,3)4/h16-20,30H,7-15H2,1-6H3,(H,28,31)/t16?,17-,18-,19-,20?,26?/m0/s1. The number of nitrogens with zero attached hydrogens (tertiary/aromatic N) is 1. The smallest absolute Gasteiger partial charge is 0.310 e. The number of alkyl halides is 1. The summed E-state index contributed by atoms with van der Waals surface area (Å²) in [6.07, 6.45) is 4.73. The molecule has 3 rings (SSSR count). The average Bonchev–Trinajstić information content (AvgIpc) is 3.29. The first-order valence-electron chi connectivity index (χ1n) is 13.0. The molecule has 6 atom stereocenters. The Kier molecular flexibility index (Phi) is 8.96. The van der Waals surface area contributed by atoms with Gasteiger partial charge in [-0.3, -0.25) is 14.4 Å². The molecule has 200 valence electrons. The van der Waals surface area contributed by atoms with E-state index in [9.17, 15) is 14.4 Å². The van der Waals surface area contributed by atoms with Crippen LogP contribution in [0.4, 0.5) is 0 Å². The van der Waals surface area contributed by atoms with Crippen molar-refractivity contribution in [2.24, 2.45) is 17.3 Å². The van der Waals surface area contributed by atoms with E-state index in [0.29, 0.717) is 13.0 Å². The Morgan fingerprint density at radius 2 is 1.86 bits per heavy atom. The monoisotopic (exact) mass is 574 g/mol. The van der Waals surface area contributed by atoms with E-state index >= 15 is 0 Å². The summed E-state index contributed by atoms with van der Waals surface area (Å²) in [4.78, 5) is 42.7. The van der Waals surface area contributed by atoms with Crippen LogP contribution in [0.3, 0.4) is 0 Å². The molecule has 0 saturated carbocycles. The highest BCUT2D eigenvalue weighted by atomic mass is 79.9. The molecule has 0 aromatic rings. The predicted molar refractivity (Wildman–Crippen MR) is 142 cm³/mol. The van der Waals surface area contributed by atoms with E-state index in [1.807, 2.05) is 13.8 Å². The lowest BCUT2D eigenvalue weighted by Gasteiger charge is -2.39. The fourth-order valence-corrected chi connectivity index (χ4v) is 10.3. The van der Waals surface area contributed by atoms with Crippen molar-refractivity contribution in [2.45, 2.75) is 106 Å². The van der Waals surface area contributed by atoms with E-state index in [-0.39, 0.29) is 46.5 Å². The van der Waals surface area contributed by atoms with E-state index in [0.717, 1.165) is 32.1 Å². The van der Waals surface area contributed by atoms with E-state index in [1.165, 1.54) is 0 Å². The van der Waals surface area contributed by atoms with Crippen LogP contribution < -0.4 is 5.32 Å².